The number of nitrogens with two attached hydrogens (primary N) is 1. The molecule has 1 aliphatic heterocycles. The highest BCUT2D eigenvalue weighted by Crippen LogP contribution is 2.27. The standard InChI is InChI=1S/C14H20F3N5O2.ClH/c15-14(16,17)10-1-4-20-13(22-10)21-6-5-19-12(23)11(18)9-2-7-24-8-3-9;/h1,4,9,11H,2-3,5-8,18H2,(H,19,23)(H,20,21,22);1H. The molecule has 1 atom stereocenters. The summed E-state index contributed by atoms with van der Waals surface area (Å²) in [5, 5.41) is 5.28. The fourth-order valence-corrected chi connectivity index (χ4v) is 2.37. The van der Waals surface area contributed by atoms with E-state index in [0.717, 1.165) is 25.1 Å². The van der Waals surface area contributed by atoms with Gasteiger partial charge in [-0.05, 0) is 24.8 Å². The van der Waals surface area contributed by atoms with Gasteiger partial charge in [0.1, 0.15) is 5.69 Å². The first-order chi connectivity index (χ1) is 11.4. The van der Waals surface area contributed by atoms with E-state index in [-0.39, 0.29) is 43.3 Å². The summed E-state index contributed by atoms with van der Waals surface area (Å²) >= 11 is 0. The molecule has 0 radical (unpaired) electrons. The number of amides is 1. The zero-order valence-corrected chi connectivity index (χ0v) is 14.2. The van der Waals surface area contributed by atoms with Crippen LogP contribution in [-0.4, -0.2) is 48.2 Å². The van der Waals surface area contributed by atoms with Gasteiger partial charge in [-0.3, -0.25) is 4.79 Å². The maximum absolute atomic E-state index is 12.5. The molecule has 1 fully saturated rings. The number of hydrogen-bond donors (Lipinski definition) is 3. The number of nitrogens with zero attached hydrogens (tertiary/aromatic N) is 2. The Labute approximate surface area is 149 Å². The molecule has 4 N–H and O–H groups in total. The number of rotatable bonds is 6. The van der Waals surface area contributed by atoms with Crippen molar-refractivity contribution in [1.82, 2.24) is 15.3 Å². The molecule has 11 heteroatoms. The fraction of sp³-hybridized carbons (Fsp3) is 0.643. The first-order valence-electron chi connectivity index (χ1n) is 7.63. The van der Waals surface area contributed by atoms with Crippen LogP contribution in [0.2, 0.25) is 0 Å². The van der Waals surface area contributed by atoms with Gasteiger partial charge in [0, 0.05) is 32.5 Å². The average molecular weight is 384 g/mol. The lowest BCUT2D eigenvalue weighted by Gasteiger charge is -2.26. The minimum atomic E-state index is -4.52. The predicted octanol–water partition coefficient (Wildman–Crippen LogP) is 1.20. The Morgan fingerprint density at radius 1 is 1.36 bits per heavy atom. The highest BCUT2D eigenvalue weighted by molar-refractivity contribution is 5.85. The number of alkyl halides is 3. The summed E-state index contributed by atoms with van der Waals surface area (Å²) in [7, 11) is 0. The average Bonchev–Trinajstić information content (AvgIpc) is 2.58. The third kappa shape index (κ3) is 6.63. The highest BCUT2D eigenvalue weighted by Gasteiger charge is 2.32. The minimum absolute atomic E-state index is 0. The van der Waals surface area contributed by atoms with Gasteiger partial charge in [0.2, 0.25) is 11.9 Å². The molecule has 2 rings (SSSR count). The summed E-state index contributed by atoms with van der Waals surface area (Å²) in [6.07, 6.45) is -2.02. The zero-order valence-electron chi connectivity index (χ0n) is 13.4. The van der Waals surface area contributed by atoms with Crippen molar-refractivity contribution in [1.29, 1.82) is 0 Å². The van der Waals surface area contributed by atoms with Crippen LogP contribution < -0.4 is 16.4 Å². The molecule has 25 heavy (non-hydrogen) atoms. The molecule has 1 aromatic heterocycles. The second-order valence-corrected chi connectivity index (χ2v) is 5.46. The molecule has 0 aromatic carbocycles. The lowest BCUT2D eigenvalue weighted by Crippen LogP contribution is -2.48. The molecule has 1 aliphatic rings. The van der Waals surface area contributed by atoms with Gasteiger partial charge in [0.05, 0.1) is 6.04 Å². The Hall–Kier alpha value is -1.65. The zero-order chi connectivity index (χ0) is 17.6. The number of nitrogens with one attached hydrogen (secondary N) is 2. The number of halogens is 4. The smallest absolute Gasteiger partial charge is 0.381 e. The van der Waals surface area contributed by atoms with Gasteiger partial charge in [0.25, 0.3) is 0 Å². The van der Waals surface area contributed by atoms with Crippen LogP contribution in [0.4, 0.5) is 19.1 Å². The second kappa shape index (κ2) is 9.73. The summed E-state index contributed by atoms with van der Waals surface area (Å²) < 4.78 is 42.8. The number of aromatic nitrogens is 2. The molecule has 0 saturated carbocycles. The van der Waals surface area contributed by atoms with Crippen molar-refractivity contribution in [3.05, 3.63) is 18.0 Å². The number of carbonyl (C=O) groups excluding carboxylic acids is 1. The summed E-state index contributed by atoms with van der Waals surface area (Å²) in [5.41, 5.74) is 4.89. The van der Waals surface area contributed by atoms with Crippen LogP contribution in [0.5, 0.6) is 0 Å². The summed E-state index contributed by atoms with van der Waals surface area (Å²) in [6, 6.07) is 0.179. The van der Waals surface area contributed by atoms with Crippen LogP contribution in [0.3, 0.4) is 0 Å². The Morgan fingerprint density at radius 2 is 2.04 bits per heavy atom. The Balaban J connectivity index is 0.00000312. The summed E-state index contributed by atoms with van der Waals surface area (Å²) in [4.78, 5) is 19.0. The second-order valence-electron chi connectivity index (χ2n) is 5.46. The van der Waals surface area contributed by atoms with Gasteiger partial charge in [-0.1, -0.05) is 0 Å². The van der Waals surface area contributed by atoms with Crippen molar-refractivity contribution in [2.75, 3.05) is 31.6 Å². The largest absolute Gasteiger partial charge is 0.433 e. The first-order valence-corrected chi connectivity index (χ1v) is 7.63. The van der Waals surface area contributed by atoms with Gasteiger partial charge in [0.15, 0.2) is 0 Å². The van der Waals surface area contributed by atoms with Gasteiger partial charge in [-0.15, -0.1) is 12.4 Å². The molecule has 1 amide bonds. The van der Waals surface area contributed by atoms with Crippen molar-refractivity contribution in [3.63, 3.8) is 0 Å². The van der Waals surface area contributed by atoms with E-state index in [1.165, 1.54) is 0 Å². The third-order valence-corrected chi connectivity index (χ3v) is 3.73. The number of hydrogen-bond acceptors (Lipinski definition) is 6. The Kier molecular flexibility index (Phi) is 8.33. The molecule has 142 valence electrons. The molecule has 0 aliphatic carbocycles. The van der Waals surface area contributed by atoms with E-state index in [9.17, 15) is 18.0 Å². The van der Waals surface area contributed by atoms with E-state index in [4.69, 9.17) is 10.5 Å². The van der Waals surface area contributed by atoms with E-state index < -0.39 is 17.9 Å². The van der Waals surface area contributed by atoms with Crippen LogP contribution in [0.15, 0.2) is 12.3 Å². The van der Waals surface area contributed by atoms with Gasteiger partial charge >= 0.3 is 6.18 Å². The fourth-order valence-electron chi connectivity index (χ4n) is 2.37. The molecular weight excluding hydrogens is 363 g/mol. The Morgan fingerprint density at radius 3 is 2.68 bits per heavy atom. The first kappa shape index (κ1) is 21.4. The van der Waals surface area contributed by atoms with Gasteiger partial charge < -0.3 is 21.1 Å². The van der Waals surface area contributed by atoms with Crippen LogP contribution >= 0.6 is 12.4 Å². The monoisotopic (exact) mass is 383 g/mol. The Bertz CT molecular complexity index is 556. The van der Waals surface area contributed by atoms with Crippen molar-refractivity contribution >= 4 is 24.3 Å². The lowest BCUT2D eigenvalue weighted by molar-refractivity contribution is -0.141. The quantitative estimate of drug-likeness (QED) is 0.638. The maximum atomic E-state index is 12.5. The molecular formula is C14H21ClF3N5O2. The van der Waals surface area contributed by atoms with Crippen molar-refractivity contribution in [3.8, 4) is 0 Å². The number of carbonyl (C=O) groups is 1. The number of anilines is 1. The van der Waals surface area contributed by atoms with Crippen LogP contribution in [0.1, 0.15) is 18.5 Å². The van der Waals surface area contributed by atoms with Gasteiger partial charge in [-0.25, -0.2) is 9.97 Å². The lowest BCUT2D eigenvalue weighted by atomic mass is 9.92. The highest BCUT2D eigenvalue weighted by atomic mass is 35.5. The van der Waals surface area contributed by atoms with E-state index in [2.05, 4.69) is 20.6 Å². The molecule has 1 saturated heterocycles. The predicted molar refractivity (Wildman–Crippen MR) is 87.3 cm³/mol. The van der Waals surface area contributed by atoms with Crippen molar-refractivity contribution < 1.29 is 22.7 Å². The maximum Gasteiger partial charge on any atom is 0.433 e. The van der Waals surface area contributed by atoms with Crippen molar-refractivity contribution in [2.45, 2.75) is 25.1 Å². The minimum Gasteiger partial charge on any atom is -0.381 e. The molecule has 1 unspecified atom stereocenters. The molecule has 0 spiro atoms. The van der Waals surface area contributed by atoms with Crippen molar-refractivity contribution in [2.24, 2.45) is 11.7 Å². The molecule has 0 bridgehead atoms. The van der Waals surface area contributed by atoms with Crippen LogP contribution in [0, 0.1) is 5.92 Å². The van der Waals surface area contributed by atoms with Crippen LogP contribution in [0.25, 0.3) is 0 Å². The normalized spacial score (nSPS) is 16.6. The van der Waals surface area contributed by atoms with E-state index in [1.807, 2.05) is 0 Å². The number of ether oxygens (including phenoxy) is 1. The van der Waals surface area contributed by atoms with E-state index in [0.29, 0.717) is 13.2 Å². The van der Waals surface area contributed by atoms with E-state index in [1.54, 1.807) is 0 Å². The van der Waals surface area contributed by atoms with Gasteiger partial charge in [-0.2, -0.15) is 13.2 Å². The van der Waals surface area contributed by atoms with E-state index >= 15 is 0 Å². The van der Waals surface area contributed by atoms with Crippen LogP contribution in [-0.2, 0) is 15.7 Å². The summed E-state index contributed by atoms with van der Waals surface area (Å²) in [5.74, 6) is -0.347. The SMILES string of the molecule is Cl.NC(C(=O)NCCNc1nccc(C(F)(F)F)n1)C1CCOCC1. The summed E-state index contributed by atoms with van der Waals surface area (Å²) in [6.45, 7) is 1.59. The third-order valence-electron chi connectivity index (χ3n) is 3.73. The topological polar surface area (TPSA) is 102 Å². The molecule has 1 aromatic rings. The molecule has 2 heterocycles. The molecule has 7 nitrogen and oxygen atoms in total.